The summed E-state index contributed by atoms with van der Waals surface area (Å²) in [5.74, 6) is -1.53. The van der Waals surface area contributed by atoms with Gasteiger partial charge in [-0.15, -0.1) is 0 Å². The first-order valence-electron chi connectivity index (χ1n) is 8.05. The van der Waals surface area contributed by atoms with Crippen LogP contribution in [0.25, 0.3) is 5.52 Å². The van der Waals surface area contributed by atoms with Crippen LogP contribution in [0.2, 0.25) is 0 Å². The monoisotopic (exact) mass is 441 g/mol. The Labute approximate surface area is 159 Å². The predicted molar refractivity (Wildman–Crippen MR) is 92.8 cm³/mol. The molecule has 1 amide bonds. The highest BCUT2D eigenvalue weighted by Gasteiger charge is 2.49. The second kappa shape index (κ2) is 6.33. The van der Waals surface area contributed by atoms with Gasteiger partial charge in [0.05, 0.1) is 5.52 Å². The topological polar surface area (TPSA) is 37.6 Å². The fourth-order valence-corrected chi connectivity index (χ4v) is 3.74. The summed E-state index contributed by atoms with van der Waals surface area (Å²) >= 11 is 3.28. The van der Waals surface area contributed by atoms with E-state index in [-0.39, 0.29) is 29.8 Å². The lowest BCUT2D eigenvalue weighted by Gasteiger charge is -2.38. The highest BCUT2D eigenvalue weighted by atomic mass is 79.9. The van der Waals surface area contributed by atoms with E-state index in [4.69, 9.17) is 0 Å². The molecule has 1 aliphatic rings. The van der Waals surface area contributed by atoms with E-state index in [2.05, 4.69) is 21.0 Å². The molecule has 0 N–H and O–H groups in total. The molecule has 3 heterocycles. The molecule has 0 saturated heterocycles. The lowest BCUT2D eigenvalue weighted by Crippen LogP contribution is -2.46. The molecule has 2 aromatic heterocycles. The number of benzene rings is 1. The highest BCUT2D eigenvalue weighted by molar-refractivity contribution is 9.10. The van der Waals surface area contributed by atoms with Gasteiger partial charge in [-0.05, 0) is 57.7 Å². The first-order chi connectivity index (χ1) is 12.8. The summed E-state index contributed by atoms with van der Waals surface area (Å²) in [7, 11) is 0. The largest absolute Gasteiger partial charge is 0.413 e. The molecule has 4 rings (SSSR count). The van der Waals surface area contributed by atoms with Crippen LogP contribution < -0.4 is 0 Å². The Morgan fingerprint density at radius 3 is 2.74 bits per heavy atom. The highest BCUT2D eigenvalue weighted by Crippen LogP contribution is 2.43. The number of pyridine rings is 1. The van der Waals surface area contributed by atoms with E-state index in [0.29, 0.717) is 9.99 Å². The Morgan fingerprint density at radius 2 is 2.00 bits per heavy atom. The number of halogens is 5. The lowest BCUT2D eigenvalue weighted by molar-refractivity contribution is -0.181. The zero-order valence-corrected chi connectivity index (χ0v) is 15.3. The van der Waals surface area contributed by atoms with E-state index in [1.165, 1.54) is 22.7 Å². The van der Waals surface area contributed by atoms with Crippen LogP contribution in [0.1, 0.15) is 27.7 Å². The normalized spacial score (nSPS) is 17.2. The van der Waals surface area contributed by atoms with E-state index >= 15 is 0 Å². The SMILES string of the molecule is O=C(c1cc2ccc(Br)cn2n1)N1CCc2c(F)cccc2C1C(F)(F)F. The molecule has 3 aromatic rings. The summed E-state index contributed by atoms with van der Waals surface area (Å²) in [5, 5.41) is 4.09. The summed E-state index contributed by atoms with van der Waals surface area (Å²) in [6.45, 7) is -0.242. The van der Waals surface area contributed by atoms with Crippen molar-refractivity contribution < 1.29 is 22.4 Å². The smallest absolute Gasteiger partial charge is 0.321 e. The molecule has 0 bridgehead atoms. The Bertz CT molecular complexity index is 1050. The third kappa shape index (κ3) is 3.09. The fraction of sp³-hybridized carbons (Fsp3) is 0.222. The molecule has 0 spiro atoms. The molecular weight excluding hydrogens is 430 g/mol. The maximum absolute atomic E-state index is 14.0. The first-order valence-corrected chi connectivity index (χ1v) is 8.85. The van der Waals surface area contributed by atoms with Crippen molar-refractivity contribution in [2.45, 2.75) is 18.6 Å². The molecule has 9 heteroatoms. The maximum Gasteiger partial charge on any atom is 0.413 e. The third-order valence-electron chi connectivity index (χ3n) is 4.58. The van der Waals surface area contributed by atoms with Crippen molar-refractivity contribution in [3.05, 3.63) is 69.7 Å². The van der Waals surface area contributed by atoms with Crippen LogP contribution in [-0.4, -0.2) is 33.1 Å². The number of amides is 1. The Balaban J connectivity index is 1.78. The van der Waals surface area contributed by atoms with Crippen molar-refractivity contribution in [1.82, 2.24) is 14.5 Å². The van der Waals surface area contributed by atoms with Gasteiger partial charge >= 0.3 is 6.18 Å². The van der Waals surface area contributed by atoms with Gasteiger partial charge < -0.3 is 4.90 Å². The van der Waals surface area contributed by atoms with Gasteiger partial charge in [0.15, 0.2) is 11.7 Å². The average Bonchev–Trinajstić information content (AvgIpc) is 3.02. The molecular formula is C18H12BrF4N3O. The van der Waals surface area contributed by atoms with Crippen molar-refractivity contribution >= 4 is 27.4 Å². The van der Waals surface area contributed by atoms with Gasteiger partial charge in [-0.2, -0.15) is 18.3 Å². The van der Waals surface area contributed by atoms with Crippen LogP contribution in [-0.2, 0) is 6.42 Å². The van der Waals surface area contributed by atoms with E-state index in [9.17, 15) is 22.4 Å². The standard InChI is InChI=1S/C18H12BrF4N3O/c19-10-4-5-11-8-15(24-26(11)9-10)17(27)25-7-6-12-13(2-1-3-14(12)20)16(25)18(21,22)23/h1-5,8-9,16H,6-7H2. The van der Waals surface area contributed by atoms with Crippen molar-refractivity contribution in [3.63, 3.8) is 0 Å². The second-order valence-corrected chi connectivity index (χ2v) is 7.16. The summed E-state index contributed by atoms with van der Waals surface area (Å²) in [4.78, 5) is 13.6. The van der Waals surface area contributed by atoms with Gasteiger partial charge in [0.25, 0.3) is 5.91 Å². The number of hydrogen-bond acceptors (Lipinski definition) is 2. The lowest BCUT2D eigenvalue weighted by atomic mass is 9.91. The van der Waals surface area contributed by atoms with E-state index < -0.39 is 23.9 Å². The van der Waals surface area contributed by atoms with Crippen LogP contribution in [0, 0.1) is 5.82 Å². The molecule has 1 unspecified atom stereocenters. The van der Waals surface area contributed by atoms with Gasteiger partial charge in [0.1, 0.15) is 5.82 Å². The van der Waals surface area contributed by atoms with Crippen LogP contribution in [0.15, 0.2) is 47.1 Å². The molecule has 140 valence electrons. The molecule has 1 aliphatic heterocycles. The predicted octanol–water partition coefficient (Wildman–Crippen LogP) is 4.54. The molecule has 1 atom stereocenters. The molecule has 1 aromatic carbocycles. The number of rotatable bonds is 1. The third-order valence-corrected chi connectivity index (χ3v) is 5.05. The summed E-state index contributed by atoms with van der Waals surface area (Å²) in [5.41, 5.74) is 0.257. The number of fused-ring (bicyclic) bond motifs is 2. The molecule has 0 aliphatic carbocycles. The minimum absolute atomic E-state index is 0.00260. The van der Waals surface area contributed by atoms with Crippen LogP contribution in [0.4, 0.5) is 17.6 Å². The Hall–Kier alpha value is -2.42. The van der Waals surface area contributed by atoms with Gasteiger partial charge in [0.2, 0.25) is 0 Å². The zero-order valence-electron chi connectivity index (χ0n) is 13.7. The molecule has 0 fully saturated rings. The average molecular weight is 442 g/mol. The Kier molecular flexibility index (Phi) is 4.21. The number of hydrogen-bond donors (Lipinski definition) is 0. The molecule has 4 nitrogen and oxygen atoms in total. The Morgan fingerprint density at radius 1 is 1.22 bits per heavy atom. The van der Waals surface area contributed by atoms with E-state index in [1.807, 2.05) is 0 Å². The van der Waals surface area contributed by atoms with E-state index in [1.54, 1.807) is 18.3 Å². The summed E-state index contributed by atoms with van der Waals surface area (Å²) in [6, 6.07) is 6.23. The molecule has 27 heavy (non-hydrogen) atoms. The summed E-state index contributed by atoms with van der Waals surface area (Å²) < 4.78 is 57.5. The molecule has 0 saturated carbocycles. The number of nitrogens with zero attached hydrogens (tertiary/aromatic N) is 3. The minimum Gasteiger partial charge on any atom is -0.321 e. The second-order valence-electron chi connectivity index (χ2n) is 6.25. The minimum atomic E-state index is -4.74. The van der Waals surface area contributed by atoms with Gasteiger partial charge in [-0.1, -0.05) is 12.1 Å². The van der Waals surface area contributed by atoms with Gasteiger partial charge in [0, 0.05) is 17.2 Å². The van der Waals surface area contributed by atoms with Gasteiger partial charge in [-0.25, -0.2) is 8.91 Å². The van der Waals surface area contributed by atoms with Crippen LogP contribution >= 0.6 is 15.9 Å². The number of carbonyl (C=O) groups is 1. The van der Waals surface area contributed by atoms with Crippen LogP contribution in [0.3, 0.4) is 0 Å². The zero-order chi connectivity index (χ0) is 19.3. The van der Waals surface area contributed by atoms with Crippen molar-refractivity contribution in [2.24, 2.45) is 0 Å². The maximum atomic E-state index is 14.0. The van der Waals surface area contributed by atoms with Crippen molar-refractivity contribution in [3.8, 4) is 0 Å². The fourth-order valence-electron chi connectivity index (χ4n) is 3.41. The van der Waals surface area contributed by atoms with Crippen molar-refractivity contribution in [2.75, 3.05) is 6.54 Å². The number of aromatic nitrogens is 2. The number of alkyl halides is 3. The van der Waals surface area contributed by atoms with E-state index in [0.717, 1.165) is 11.0 Å². The van der Waals surface area contributed by atoms with Gasteiger partial charge in [-0.3, -0.25) is 4.79 Å². The summed E-state index contributed by atoms with van der Waals surface area (Å²) in [6.07, 6.45) is -3.12. The first kappa shape index (κ1) is 18.0. The quantitative estimate of drug-likeness (QED) is 0.520. The van der Waals surface area contributed by atoms with Crippen molar-refractivity contribution in [1.29, 1.82) is 0 Å². The van der Waals surface area contributed by atoms with Crippen LogP contribution in [0.5, 0.6) is 0 Å². The number of carbonyl (C=O) groups excluding carboxylic acids is 1. The molecule has 0 radical (unpaired) electrons.